The molecule has 2 N–H and O–H groups in total. The lowest BCUT2D eigenvalue weighted by Gasteiger charge is -2.22. The molecule has 4 nitrogen and oxygen atoms in total. The Morgan fingerprint density at radius 3 is 2.50 bits per heavy atom. The minimum atomic E-state index is -0.479. The molecule has 0 radical (unpaired) electrons. The molecule has 0 spiro atoms. The number of hydrogen-bond acceptors (Lipinski definition) is 3. The lowest BCUT2D eigenvalue weighted by Crippen LogP contribution is -2.42. The molecule has 82 valence electrons. The van der Waals surface area contributed by atoms with E-state index in [0.717, 1.165) is 12.8 Å². The number of nitrogens with one attached hydrogen (secondary N) is 1. The van der Waals surface area contributed by atoms with Crippen molar-refractivity contribution < 1.29 is 14.6 Å². The predicted molar refractivity (Wildman–Crippen MR) is 53.0 cm³/mol. The van der Waals surface area contributed by atoms with E-state index in [4.69, 9.17) is 9.84 Å². The van der Waals surface area contributed by atoms with Crippen molar-refractivity contribution in [2.45, 2.75) is 45.3 Å². The lowest BCUT2D eigenvalue weighted by atomic mass is 10.2. The van der Waals surface area contributed by atoms with Gasteiger partial charge in [-0.25, -0.2) is 4.79 Å². The number of alkyl carbamates (subject to hydrolysis) is 1. The Morgan fingerprint density at radius 1 is 1.57 bits per heavy atom. The van der Waals surface area contributed by atoms with E-state index in [1.807, 2.05) is 20.8 Å². The molecule has 0 aromatic carbocycles. The molecular formula is C10H19NO3. The van der Waals surface area contributed by atoms with Crippen molar-refractivity contribution in [2.24, 2.45) is 5.92 Å². The van der Waals surface area contributed by atoms with Crippen molar-refractivity contribution in [3.8, 4) is 0 Å². The van der Waals surface area contributed by atoms with Gasteiger partial charge >= 0.3 is 6.09 Å². The summed E-state index contributed by atoms with van der Waals surface area (Å²) in [6, 6.07) is -0.134. The van der Waals surface area contributed by atoms with E-state index in [1.165, 1.54) is 0 Å². The van der Waals surface area contributed by atoms with Gasteiger partial charge in [-0.05, 0) is 39.5 Å². The number of aliphatic hydroxyl groups is 1. The molecule has 1 saturated carbocycles. The highest BCUT2D eigenvalue weighted by Gasteiger charge is 2.32. The first kappa shape index (κ1) is 11.3. The van der Waals surface area contributed by atoms with Gasteiger partial charge in [0.15, 0.2) is 0 Å². The van der Waals surface area contributed by atoms with E-state index in [9.17, 15) is 4.79 Å². The summed E-state index contributed by atoms with van der Waals surface area (Å²) >= 11 is 0. The Hall–Kier alpha value is -0.770. The maximum absolute atomic E-state index is 11.3. The minimum Gasteiger partial charge on any atom is -0.444 e. The zero-order valence-corrected chi connectivity index (χ0v) is 9.04. The molecule has 1 rings (SSSR count). The quantitative estimate of drug-likeness (QED) is 0.723. The van der Waals surface area contributed by atoms with E-state index in [0.29, 0.717) is 5.92 Å². The van der Waals surface area contributed by atoms with Crippen molar-refractivity contribution in [2.75, 3.05) is 6.61 Å². The lowest BCUT2D eigenvalue weighted by molar-refractivity contribution is 0.0473. The molecule has 0 bridgehead atoms. The second kappa shape index (κ2) is 4.17. The molecular weight excluding hydrogens is 182 g/mol. The molecule has 1 atom stereocenters. The maximum Gasteiger partial charge on any atom is 0.407 e. The first-order chi connectivity index (χ1) is 6.42. The molecule has 1 aliphatic rings. The van der Waals surface area contributed by atoms with E-state index < -0.39 is 11.7 Å². The summed E-state index contributed by atoms with van der Waals surface area (Å²) in [4.78, 5) is 11.3. The first-order valence-corrected chi connectivity index (χ1v) is 5.03. The van der Waals surface area contributed by atoms with Crippen LogP contribution in [0.3, 0.4) is 0 Å². The van der Waals surface area contributed by atoms with Crippen molar-refractivity contribution in [3.05, 3.63) is 0 Å². The summed E-state index contributed by atoms with van der Waals surface area (Å²) < 4.78 is 5.09. The average Bonchev–Trinajstić information content (AvgIpc) is 2.78. The molecule has 14 heavy (non-hydrogen) atoms. The number of carbonyl (C=O) groups is 1. The normalized spacial score (nSPS) is 18.9. The van der Waals surface area contributed by atoms with Crippen LogP contribution in [0.5, 0.6) is 0 Å². The van der Waals surface area contributed by atoms with E-state index in [2.05, 4.69) is 5.32 Å². The summed E-state index contributed by atoms with van der Waals surface area (Å²) in [7, 11) is 0. The van der Waals surface area contributed by atoms with Crippen molar-refractivity contribution >= 4 is 6.09 Å². The summed E-state index contributed by atoms with van der Waals surface area (Å²) in [6.07, 6.45) is 1.73. The largest absolute Gasteiger partial charge is 0.444 e. The van der Waals surface area contributed by atoms with Gasteiger partial charge in [0.05, 0.1) is 12.6 Å². The molecule has 0 saturated heterocycles. The molecule has 1 aliphatic carbocycles. The highest BCUT2D eigenvalue weighted by atomic mass is 16.6. The van der Waals surface area contributed by atoms with Crippen LogP contribution in [0.15, 0.2) is 0 Å². The van der Waals surface area contributed by atoms with Gasteiger partial charge < -0.3 is 15.2 Å². The zero-order chi connectivity index (χ0) is 10.8. The number of hydrogen-bond donors (Lipinski definition) is 2. The van der Waals surface area contributed by atoms with Crippen LogP contribution < -0.4 is 5.32 Å². The van der Waals surface area contributed by atoms with Crippen LogP contribution in [0.2, 0.25) is 0 Å². The van der Waals surface area contributed by atoms with Gasteiger partial charge in [-0.3, -0.25) is 0 Å². The standard InChI is InChI=1S/C10H19NO3/c1-10(2,3)14-9(13)11-8(6-12)7-4-5-7/h7-8,12H,4-6H2,1-3H3,(H,11,13)/t8-/m1/s1. The fourth-order valence-corrected chi connectivity index (χ4v) is 1.27. The van der Waals surface area contributed by atoms with Crippen molar-refractivity contribution in [3.63, 3.8) is 0 Å². The third-order valence-corrected chi connectivity index (χ3v) is 2.09. The Bertz CT molecular complexity index is 206. The van der Waals surface area contributed by atoms with Crippen LogP contribution in [0.1, 0.15) is 33.6 Å². The molecule has 0 aromatic rings. The van der Waals surface area contributed by atoms with Crippen LogP contribution in [0.4, 0.5) is 4.79 Å². The summed E-state index contributed by atoms with van der Waals surface area (Å²) in [5, 5.41) is 11.7. The molecule has 0 heterocycles. The van der Waals surface area contributed by atoms with E-state index in [1.54, 1.807) is 0 Å². The van der Waals surface area contributed by atoms with Crippen molar-refractivity contribution in [1.82, 2.24) is 5.32 Å². The van der Waals surface area contributed by atoms with Crippen molar-refractivity contribution in [1.29, 1.82) is 0 Å². The number of ether oxygens (including phenoxy) is 1. The van der Waals surface area contributed by atoms with Gasteiger partial charge in [0.1, 0.15) is 5.60 Å². The minimum absolute atomic E-state index is 0.0100. The van der Waals surface area contributed by atoms with Crippen LogP contribution in [-0.2, 0) is 4.74 Å². The van der Waals surface area contributed by atoms with E-state index >= 15 is 0 Å². The van der Waals surface area contributed by atoms with Gasteiger partial charge in [-0.1, -0.05) is 0 Å². The molecule has 0 unspecified atom stereocenters. The predicted octanol–water partition coefficient (Wildman–Crippen LogP) is 1.28. The van der Waals surface area contributed by atoms with Gasteiger partial charge in [-0.15, -0.1) is 0 Å². The number of carbonyl (C=O) groups excluding carboxylic acids is 1. The van der Waals surface area contributed by atoms with Crippen LogP contribution in [-0.4, -0.2) is 29.4 Å². The van der Waals surface area contributed by atoms with Gasteiger partial charge in [0.25, 0.3) is 0 Å². The summed E-state index contributed by atoms with van der Waals surface area (Å²) in [5.41, 5.74) is -0.479. The fraction of sp³-hybridized carbons (Fsp3) is 0.900. The molecule has 4 heteroatoms. The fourth-order valence-electron chi connectivity index (χ4n) is 1.27. The second-order valence-electron chi connectivity index (χ2n) is 4.77. The van der Waals surface area contributed by atoms with Crippen LogP contribution in [0.25, 0.3) is 0 Å². The highest BCUT2D eigenvalue weighted by molar-refractivity contribution is 5.68. The highest BCUT2D eigenvalue weighted by Crippen LogP contribution is 2.32. The molecule has 1 amide bonds. The third-order valence-electron chi connectivity index (χ3n) is 2.09. The zero-order valence-electron chi connectivity index (χ0n) is 9.04. The topological polar surface area (TPSA) is 58.6 Å². The Labute approximate surface area is 84.6 Å². The third kappa shape index (κ3) is 3.96. The average molecular weight is 201 g/mol. The Morgan fingerprint density at radius 2 is 2.14 bits per heavy atom. The molecule has 0 aliphatic heterocycles. The van der Waals surface area contributed by atoms with Gasteiger partial charge in [0.2, 0.25) is 0 Å². The molecule has 0 aromatic heterocycles. The van der Waals surface area contributed by atoms with Gasteiger partial charge in [-0.2, -0.15) is 0 Å². The van der Waals surface area contributed by atoms with Gasteiger partial charge in [0, 0.05) is 0 Å². The van der Waals surface area contributed by atoms with Crippen LogP contribution >= 0.6 is 0 Å². The number of aliphatic hydroxyl groups excluding tert-OH is 1. The number of rotatable bonds is 3. The Kier molecular flexibility index (Phi) is 3.37. The van der Waals surface area contributed by atoms with Crippen LogP contribution in [0, 0.1) is 5.92 Å². The first-order valence-electron chi connectivity index (χ1n) is 5.03. The second-order valence-corrected chi connectivity index (χ2v) is 4.77. The number of amides is 1. The van der Waals surface area contributed by atoms with E-state index in [-0.39, 0.29) is 12.6 Å². The Balaban J connectivity index is 2.31. The SMILES string of the molecule is CC(C)(C)OC(=O)N[C@H](CO)C1CC1. The molecule has 1 fully saturated rings. The smallest absolute Gasteiger partial charge is 0.407 e. The monoisotopic (exact) mass is 201 g/mol. The summed E-state index contributed by atoms with van der Waals surface area (Å²) in [6.45, 7) is 5.44. The maximum atomic E-state index is 11.3. The summed E-state index contributed by atoms with van der Waals surface area (Å²) in [5.74, 6) is 0.438.